The number of nitrogens with two attached hydrogens (primary N) is 1. The maximum Gasteiger partial charge on any atom is 0.236 e. The number of piperazine rings is 1. The average Bonchev–Trinajstić information content (AvgIpc) is 2.75. The Morgan fingerprint density at radius 2 is 2.47 bits per heavy atom. The van der Waals surface area contributed by atoms with Gasteiger partial charge in [-0.05, 0) is 19.1 Å². The van der Waals surface area contributed by atoms with Crippen molar-refractivity contribution in [1.29, 1.82) is 0 Å². The number of thiophene rings is 1. The van der Waals surface area contributed by atoms with Crippen LogP contribution >= 0.6 is 22.9 Å². The lowest BCUT2D eigenvalue weighted by molar-refractivity contribution is -0.124. The molecule has 1 aromatic heterocycles. The summed E-state index contributed by atoms with van der Waals surface area (Å²) in [6, 6.07) is 3.84. The van der Waals surface area contributed by atoms with Crippen LogP contribution in [0.25, 0.3) is 0 Å². The number of rotatable bonds is 3. The minimum atomic E-state index is -0.272. The molecule has 1 amide bonds. The van der Waals surface area contributed by atoms with Crippen LogP contribution in [0.3, 0.4) is 0 Å². The quantitative estimate of drug-likeness (QED) is 0.871. The van der Waals surface area contributed by atoms with E-state index in [0.29, 0.717) is 6.54 Å². The minimum absolute atomic E-state index is 0.173. The van der Waals surface area contributed by atoms with Gasteiger partial charge in [-0.2, -0.15) is 0 Å². The summed E-state index contributed by atoms with van der Waals surface area (Å²) in [5.74, 6) is -0.272. The first-order chi connectivity index (χ1) is 8.09. The highest BCUT2D eigenvalue weighted by molar-refractivity contribution is 7.16. The first-order valence-electron chi connectivity index (χ1n) is 5.60. The van der Waals surface area contributed by atoms with E-state index in [-0.39, 0.29) is 18.0 Å². The van der Waals surface area contributed by atoms with Crippen LogP contribution in [-0.2, 0) is 4.79 Å². The summed E-state index contributed by atoms with van der Waals surface area (Å²) >= 11 is 7.49. The first-order valence-corrected chi connectivity index (χ1v) is 6.80. The fraction of sp³-hybridized carbons (Fsp3) is 0.545. The van der Waals surface area contributed by atoms with Crippen molar-refractivity contribution in [2.75, 3.05) is 19.6 Å². The number of halogens is 1. The van der Waals surface area contributed by atoms with Crippen molar-refractivity contribution in [3.05, 3.63) is 21.3 Å². The van der Waals surface area contributed by atoms with Gasteiger partial charge >= 0.3 is 0 Å². The zero-order chi connectivity index (χ0) is 12.4. The number of nitrogens with one attached hydrogen (secondary N) is 1. The number of nitrogens with zero attached hydrogens (tertiary/aromatic N) is 1. The molecule has 2 rings (SSSR count). The molecule has 0 saturated carbocycles. The van der Waals surface area contributed by atoms with Gasteiger partial charge < -0.3 is 11.1 Å². The molecule has 2 heterocycles. The molecule has 0 bridgehead atoms. The van der Waals surface area contributed by atoms with Crippen LogP contribution in [0, 0.1) is 0 Å². The van der Waals surface area contributed by atoms with E-state index < -0.39 is 0 Å². The van der Waals surface area contributed by atoms with Crippen molar-refractivity contribution in [2.45, 2.75) is 19.0 Å². The highest BCUT2D eigenvalue weighted by Crippen LogP contribution is 2.31. The van der Waals surface area contributed by atoms with Crippen LogP contribution in [0.2, 0.25) is 4.34 Å². The molecule has 0 spiro atoms. The molecule has 1 aromatic rings. The fourth-order valence-corrected chi connectivity index (χ4v) is 3.30. The summed E-state index contributed by atoms with van der Waals surface area (Å²) in [4.78, 5) is 14.7. The molecule has 1 aliphatic heterocycles. The van der Waals surface area contributed by atoms with Crippen LogP contribution in [0.4, 0.5) is 0 Å². The zero-order valence-corrected chi connectivity index (χ0v) is 11.2. The monoisotopic (exact) mass is 273 g/mol. The first kappa shape index (κ1) is 12.8. The molecule has 2 atom stereocenters. The molecule has 0 aliphatic carbocycles. The van der Waals surface area contributed by atoms with Gasteiger partial charge in [-0.25, -0.2) is 0 Å². The van der Waals surface area contributed by atoms with E-state index in [0.717, 1.165) is 17.4 Å². The Hall–Kier alpha value is -0.620. The summed E-state index contributed by atoms with van der Waals surface area (Å²) in [6.45, 7) is 4.42. The topological polar surface area (TPSA) is 58.4 Å². The van der Waals surface area contributed by atoms with Crippen molar-refractivity contribution in [2.24, 2.45) is 5.73 Å². The van der Waals surface area contributed by atoms with Crippen molar-refractivity contribution in [3.8, 4) is 0 Å². The number of hydrogen-bond donors (Lipinski definition) is 2. The Kier molecular flexibility index (Phi) is 4.04. The highest BCUT2D eigenvalue weighted by atomic mass is 35.5. The van der Waals surface area contributed by atoms with Crippen LogP contribution in [0.5, 0.6) is 0 Å². The molecule has 2 unspecified atom stereocenters. The summed E-state index contributed by atoms with van der Waals surface area (Å²) in [5.41, 5.74) is 5.44. The van der Waals surface area contributed by atoms with Crippen LogP contribution in [-0.4, -0.2) is 36.5 Å². The number of amides is 1. The van der Waals surface area contributed by atoms with E-state index in [1.165, 1.54) is 4.88 Å². The SMILES string of the molecule is CC(c1ccc(Cl)s1)N1CCNCC1C(N)=O. The van der Waals surface area contributed by atoms with Gasteiger partial charge in [0.15, 0.2) is 0 Å². The number of carbonyl (C=O) groups is 1. The van der Waals surface area contributed by atoms with Gasteiger partial charge in [0.1, 0.15) is 6.04 Å². The Morgan fingerprint density at radius 3 is 3.06 bits per heavy atom. The molecule has 1 fully saturated rings. The summed E-state index contributed by atoms with van der Waals surface area (Å²) < 4.78 is 0.776. The second kappa shape index (κ2) is 5.35. The maximum atomic E-state index is 11.4. The van der Waals surface area contributed by atoms with Gasteiger partial charge in [0.2, 0.25) is 5.91 Å². The standard InChI is InChI=1S/C11H16ClN3OS/c1-7(9-2-3-10(12)17-9)15-5-4-14-6-8(15)11(13)16/h2-3,7-8,14H,4-6H2,1H3,(H2,13,16). The Balaban J connectivity index is 2.16. The van der Waals surface area contributed by atoms with E-state index in [1.54, 1.807) is 11.3 Å². The van der Waals surface area contributed by atoms with E-state index in [9.17, 15) is 4.79 Å². The molecule has 94 valence electrons. The van der Waals surface area contributed by atoms with Crippen LogP contribution < -0.4 is 11.1 Å². The van der Waals surface area contributed by atoms with Crippen LogP contribution in [0.1, 0.15) is 17.8 Å². The molecule has 1 saturated heterocycles. The van der Waals surface area contributed by atoms with Crippen molar-refractivity contribution in [3.63, 3.8) is 0 Å². The summed E-state index contributed by atoms with van der Waals surface area (Å²) in [6.07, 6.45) is 0. The fourth-order valence-electron chi connectivity index (χ4n) is 2.16. The number of hydrogen-bond acceptors (Lipinski definition) is 4. The second-order valence-electron chi connectivity index (χ2n) is 4.18. The predicted octanol–water partition coefficient (Wildman–Crippen LogP) is 1.22. The number of primary amides is 1. The molecule has 3 N–H and O–H groups in total. The van der Waals surface area contributed by atoms with Gasteiger partial charge in [0.25, 0.3) is 0 Å². The predicted molar refractivity (Wildman–Crippen MR) is 70.3 cm³/mol. The lowest BCUT2D eigenvalue weighted by atomic mass is 10.1. The molecule has 17 heavy (non-hydrogen) atoms. The third kappa shape index (κ3) is 2.80. The lowest BCUT2D eigenvalue weighted by Crippen LogP contribution is -2.57. The Morgan fingerprint density at radius 1 is 1.71 bits per heavy atom. The molecule has 1 aliphatic rings. The molecule has 0 radical (unpaired) electrons. The summed E-state index contributed by atoms with van der Waals surface area (Å²) in [7, 11) is 0. The van der Waals surface area contributed by atoms with Crippen molar-refractivity contribution < 1.29 is 4.79 Å². The van der Waals surface area contributed by atoms with E-state index >= 15 is 0 Å². The molecular weight excluding hydrogens is 258 g/mol. The van der Waals surface area contributed by atoms with Gasteiger partial charge in [-0.3, -0.25) is 9.69 Å². The molecule has 6 heteroatoms. The Labute approximate surface area is 110 Å². The normalized spacial score (nSPS) is 23.5. The molecule has 0 aromatic carbocycles. The minimum Gasteiger partial charge on any atom is -0.368 e. The van der Waals surface area contributed by atoms with Crippen molar-refractivity contribution >= 4 is 28.8 Å². The summed E-state index contributed by atoms with van der Waals surface area (Å²) in [5, 5.41) is 3.19. The van der Waals surface area contributed by atoms with Gasteiger partial charge in [0.05, 0.1) is 4.34 Å². The van der Waals surface area contributed by atoms with Gasteiger partial charge in [0, 0.05) is 30.6 Å². The smallest absolute Gasteiger partial charge is 0.236 e. The number of carbonyl (C=O) groups excluding carboxylic acids is 1. The van der Waals surface area contributed by atoms with Gasteiger partial charge in [-0.1, -0.05) is 11.6 Å². The van der Waals surface area contributed by atoms with Crippen LogP contribution in [0.15, 0.2) is 12.1 Å². The highest BCUT2D eigenvalue weighted by Gasteiger charge is 2.31. The zero-order valence-electron chi connectivity index (χ0n) is 9.65. The van der Waals surface area contributed by atoms with Gasteiger partial charge in [-0.15, -0.1) is 11.3 Å². The van der Waals surface area contributed by atoms with Crippen molar-refractivity contribution in [1.82, 2.24) is 10.2 Å². The van der Waals surface area contributed by atoms with E-state index in [2.05, 4.69) is 17.1 Å². The maximum absolute atomic E-state index is 11.4. The second-order valence-corrected chi connectivity index (χ2v) is 5.92. The Bertz CT molecular complexity index is 409. The largest absolute Gasteiger partial charge is 0.368 e. The molecular formula is C11H16ClN3OS. The third-order valence-corrected chi connectivity index (χ3v) is 4.52. The van der Waals surface area contributed by atoms with E-state index in [1.807, 2.05) is 12.1 Å². The average molecular weight is 274 g/mol. The third-order valence-electron chi connectivity index (χ3n) is 3.12. The van der Waals surface area contributed by atoms with E-state index in [4.69, 9.17) is 17.3 Å². The molecule has 4 nitrogen and oxygen atoms in total. The lowest BCUT2D eigenvalue weighted by Gasteiger charge is -2.38.